The molecule has 1 N–H and O–H groups in total. The average Bonchev–Trinajstić information content (AvgIpc) is 2.16. The van der Waals surface area contributed by atoms with Gasteiger partial charge in [0.2, 0.25) is 0 Å². The molecule has 0 radical (unpaired) electrons. The fraction of sp³-hybridized carbons (Fsp3) is 0.600. The van der Waals surface area contributed by atoms with Crippen LogP contribution in [0, 0.1) is 0 Å². The van der Waals surface area contributed by atoms with Crippen molar-refractivity contribution in [2.75, 3.05) is 6.61 Å². The van der Waals surface area contributed by atoms with Crippen molar-refractivity contribution in [1.29, 1.82) is 0 Å². The quantitative estimate of drug-likeness (QED) is 0.649. The maximum atomic E-state index is 8.89. The minimum Gasteiger partial charge on any atom is -0.488 e. The molecule has 0 spiro atoms. The number of ether oxygens (including phenoxy) is 1. The maximum Gasteiger partial charge on any atom is 0.122 e. The van der Waals surface area contributed by atoms with Gasteiger partial charge in [0.1, 0.15) is 11.9 Å². The third-order valence-corrected chi connectivity index (χ3v) is 2.16. The molecule has 0 aromatic heterocycles. The highest BCUT2D eigenvalue weighted by atomic mass is 16.5. The lowest BCUT2D eigenvalue weighted by Crippen LogP contribution is -2.22. The standard InChI is InChI=1S/C10H16O2/c1-3-8-5-6-9(7-11)12-10(8)4-2/h3-4,9,11H,5-7H2,1-2H3/b8-3-,10-4+. The van der Waals surface area contributed by atoms with Gasteiger partial charge in [-0.2, -0.15) is 0 Å². The van der Waals surface area contributed by atoms with Crippen molar-refractivity contribution in [3.63, 3.8) is 0 Å². The Morgan fingerprint density at radius 1 is 1.50 bits per heavy atom. The van der Waals surface area contributed by atoms with E-state index in [1.165, 1.54) is 5.57 Å². The Bertz CT molecular complexity index is 204. The molecule has 1 saturated heterocycles. The molecule has 68 valence electrons. The van der Waals surface area contributed by atoms with E-state index in [0.29, 0.717) is 0 Å². The zero-order valence-corrected chi connectivity index (χ0v) is 7.71. The number of aliphatic hydroxyl groups is 1. The van der Waals surface area contributed by atoms with Gasteiger partial charge in [0.05, 0.1) is 6.61 Å². The molecule has 2 nitrogen and oxygen atoms in total. The Morgan fingerprint density at radius 2 is 2.25 bits per heavy atom. The first-order valence-corrected chi connectivity index (χ1v) is 4.41. The van der Waals surface area contributed by atoms with Crippen LogP contribution in [0.3, 0.4) is 0 Å². The molecular formula is C10H16O2. The molecule has 1 aliphatic heterocycles. The van der Waals surface area contributed by atoms with E-state index in [1.54, 1.807) is 0 Å². The van der Waals surface area contributed by atoms with Crippen LogP contribution in [0.1, 0.15) is 26.7 Å². The minimum absolute atomic E-state index is 0.0000926. The van der Waals surface area contributed by atoms with Crippen molar-refractivity contribution in [3.05, 3.63) is 23.5 Å². The highest BCUT2D eigenvalue weighted by Crippen LogP contribution is 2.26. The summed E-state index contributed by atoms with van der Waals surface area (Å²) in [6.07, 6.45) is 5.97. The highest BCUT2D eigenvalue weighted by molar-refractivity contribution is 5.26. The van der Waals surface area contributed by atoms with Gasteiger partial charge in [-0.25, -0.2) is 0 Å². The van der Waals surface area contributed by atoms with E-state index >= 15 is 0 Å². The monoisotopic (exact) mass is 168 g/mol. The van der Waals surface area contributed by atoms with Crippen LogP contribution in [0.4, 0.5) is 0 Å². The van der Waals surface area contributed by atoms with E-state index in [0.717, 1.165) is 18.6 Å². The second-order valence-corrected chi connectivity index (χ2v) is 2.93. The average molecular weight is 168 g/mol. The van der Waals surface area contributed by atoms with Crippen molar-refractivity contribution >= 4 is 0 Å². The molecule has 0 amide bonds. The maximum absolute atomic E-state index is 8.89. The normalized spacial score (nSPS) is 30.8. The van der Waals surface area contributed by atoms with E-state index in [1.807, 2.05) is 19.9 Å². The molecule has 0 bridgehead atoms. The van der Waals surface area contributed by atoms with Crippen LogP contribution < -0.4 is 0 Å². The summed E-state index contributed by atoms with van der Waals surface area (Å²) in [6.45, 7) is 4.09. The first-order valence-electron chi connectivity index (χ1n) is 4.41. The summed E-state index contributed by atoms with van der Waals surface area (Å²) in [5.41, 5.74) is 1.25. The molecule has 1 aliphatic rings. The van der Waals surface area contributed by atoms with Gasteiger partial charge in [-0.15, -0.1) is 0 Å². The zero-order chi connectivity index (χ0) is 8.97. The van der Waals surface area contributed by atoms with E-state index in [9.17, 15) is 0 Å². The van der Waals surface area contributed by atoms with Gasteiger partial charge in [-0.1, -0.05) is 6.08 Å². The molecule has 2 heteroatoms. The van der Waals surface area contributed by atoms with Crippen molar-refractivity contribution < 1.29 is 9.84 Å². The van der Waals surface area contributed by atoms with Crippen LogP contribution in [0.5, 0.6) is 0 Å². The second-order valence-electron chi connectivity index (χ2n) is 2.93. The lowest BCUT2D eigenvalue weighted by Gasteiger charge is -2.26. The molecule has 1 rings (SSSR count). The molecule has 0 aromatic rings. The van der Waals surface area contributed by atoms with Crippen LogP contribution in [-0.2, 0) is 4.74 Å². The van der Waals surface area contributed by atoms with Crippen LogP contribution >= 0.6 is 0 Å². The van der Waals surface area contributed by atoms with Gasteiger partial charge in [-0.3, -0.25) is 0 Å². The molecule has 12 heavy (non-hydrogen) atoms. The smallest absolute Gasteiger partial charge is 0.122 e. The van der Waals surface area contributed by atoms with Gasteiger partial charge in [0, 0.05) is 0 Å². The predicted octanol–water partition coefficient (Wildman–Crippen LogP) is 2.01. The molecule has 1 heterocycles. The summed E-state index contributed by atoms with van der Waals surface area (Å²) in [7, 11) is 0. The number of hydrogen-bond donors (Lipinski definition) is 1. The summed E-state index contributed by atoms with van der Waals surface area (Å²) < 4.78 is 5.53. The molecule has 0 aliphatic carbocycles. The highest BCUT2D eigenvalue weighted by Gasteiger charge is 2.19. The molecule has 1 atom stereocenters. The first-order chi connectivity index (χ1) is 5.81. The summed E-state index contributed by atoms with van der Waals surface area (Å²) >= 11 is 0. The third kappa shape index (κ3) is 1.89. The number of hydrogen-bond acceptors (Lipinski definition) is 2. The Kier molecular flexibility index (Phi) is 3.35. The van der Waals surface area contributed by atoms with E-state index in [-0.39, 0.29) is 12.7 Å². The van der Waals surface area contributed by atoms with Crippen molar-refractivity contribution in [2.24, 2.45) is 0 Å². The summed E-state index contributed by atoms with van der Waals surface area (Å²) in [6, 6.07) is 0. The Labute approximate surface area is 73.5 Å². The summed E-state index contributed by atoms with van der Waals surface area (Å²) in [5.74, 6) is 0.933. The fourth-order valence-electron chi connectivity index (χ4n) is 1.42. The van der Waals surface area contributed by atoms with Crippen LogP contribution in [0.2, 0.25) is 0 Å². The SMILES string of the molecule is C/C=C1/CCC(CO)O/C1=C/C. The third-order valence-electron chi connectivity index (χ3n) is 2.16. The summed E-state index contributed by atoms with van der Waals surface area (Å²) in [4.78, 5) is 0. The van der Waals surface area contributed by atoms with Gasteiger partial charge < -0.3 is 9.84 Å². The molecule has 1 unspecified atom stereocenters. The van der Waals surface area contributed by atoms with Crippen molar-refractivity contribution in [2.45, 2.75) is 32.8 Å². The Hall–Kier alpha value is -0.760. The largest absolute Gasteiger partial charge is 0.488 e. The zero-order valence-electron chi connectivity index (χ0n) is 7.71. The fourth-order valence-corrected chi connectivity index (χ4v) is 1.42. The lowest BCUT2D eigenvalue weighted by molar-refractivity contribution is 0.0429. The van der Waals surface area contributed by atoms with Gasteiger partial charge >= 0.3 is 0 Å². The topological polar surface area (TPSA) is 29.5 Å². The van der Waals surface area contributed by atoms with Gasteiger partial charge in [0.15, 0.2) is 0 Å². The van der Waals surface area contributed by atoms with E-state index < -0.39 is 0 Å². The number of allylic oxidation sites excluding steroid dienone is 3. The first kappa shape index (κ1) is 9.33. The number of aliphatic hydroxyl groups excluding tert-OH is 1. The van der Waals surface area contributed by atoms with Crippen LogP contribution in [-0.4, -0.2) is 17.8 Å². The Balaban J connectivity index is 2.67. The van der Waals surface area contributed by atoms with Gasteiger partial charge in [0.25, 0.3) is 0 Å². The lowest BCUT2D eigenvalue weighted by atomic mass is 10.0. The molecule has 0 saturated carbocycles. The van der Waals surface area contributed by atoms with Crippen molar-refractivity contribution in [3.8, 4) is 0 Å². The van der Waals surface area contributed by atoms with Gasteiger partial charge in [-0.05, 0) is 38.3 Å². The number of rotatable bonds is 1. The molecular weight excluding hydrogens is 152 g/mol. The predicted molar refractivity (Wildman–Crippen MR) is 48.7 cm³/mol. The second kappa shape index (κ2) is 4.31. The minimum atomic E-state index is -0.0000926. The van der Waals surface area contributed by atoms with E-state index in [2.05, 4.69) is 6.08 Å². The Morgan fingerprint density at radius 3 is 2.75 bits per heavy atom. The molecule has 0 aromatic carbocycles. The van der Waals surface area contributed by atoms with Crippen molar-refractivity contribution in [1.82, 2.24) is 0 Å². The molecule has 1 fully saturated rings. The summed E-state index contributed by atoms with van der Waals surface area (Å²) in [5, 5.41) is 8.89. The van der Waals surface area contributed by atoms with Crippen LogP contribution in [0.25, 0.3) is 0 Å². The van der Waals surface area contributed by atoms with Crippen LogP contribution in [0.15, 0.2) is 23.5 Å². The van der Waals surface area contributed by atoms with E-state index in [4.69, 9.17) is 9.84 Å².